The molecule has 8 nitrogen and oxygen atoms in total. The fourth-order valence-corrected chi connectivity index (χ4v) is 3.08. The average molecular weight is 426 g/mol. The molecule has 1 aromatic carbocycles. The summed E-state index contributed by atoms with van der Waals surface area (Å²) in [6.45, 7) is 1.65. The largest absolute Gasteiger partial charge is 0.457 e. The third-order valence-electron chi connectivity index (χ3n) is 4.40. The molecule has 0 spiro atoms. The van der Waals surface area contributed by atoms with Crippen molar-refractivity contribution in [1.82, 2.24) is 4.98 Å². The number of pyridine rings is 1. The van der Waals surface area contributed by atoms with Gasteiger partial charge in [0.25, 0.3) is 11.2 Å². The Kier molecular flexibility index (Phi) is 6.16. The number of ether oxygens (including phenoxy) is 1. The van der Waals surface area contributed by atoms with Crippen LogP contribution in [0.1, 0.15) is 28.1 Å². The van der Waals surface area contributed by atoms with E-state index in [0.717, 1.165) is 11.1 Å². The summed E-state index contributed by atoms with van der Waals surface area (Å²) in [5, 5.41) is 21.4. The molecule has 0 aliphatic carbocycles. The fraction of sp³-hybridized carbons (Fsp3) is 0.143. The first-order valence-corrected chi connectivity index (χ1v) is 9.10. The van der Waals surface area contributed by atoms with Crippen molar-refractivity contribution in [3.63, 3.8) is 0 Å². The summed E-state index contributed by atoms with van der Waals surface area (Å²) in [4.78, 5) is 25.5. The first-order chi connectivity index (χ1) is 14.3. The summed E-state index contributed by atoms with van der Waals surface area (Å²) in [6, 6.07) is 10.6. The van der Waals surface area contributed by atoms with Gasteiger partial charge in [-0.25, -0.2) is 0 Å². The molecular formula is C21H16ClN3O5. The molecule has 0 fully saturated rings. The number of nitrogens with zero attached hydrogens (tertiary/aromatic N) is 2. The monoisotopic (exact) mass is 425 g/mol. The molecule has 0 saturated carbocycles. The maximum Gasteiger partial charge on any atom is 0.299 e. The first-order valence-electron chi connectivity index (χ1n) is 8.72. The molecule has 0 unspecified atom stereocenters. The second kappa shape index (κ2) is 8.78. The van der Waals surface area contributed by atoms with Crippen molar-refractivity contribution in [1.29, 1.82) is 5.26 Å². The highest BCUT2D eigenvalue weighted by molar-refractivity contribution is 6.31. The van der Waals surface area contributed by atoms with Crippen molar-refractivity contribution in [2.75, 3.05) is 7.11 Å². The molecule has 152 valence electrons. The van der Waals surface area contributed by atoms with Gasteiger partial charge in [0.05, 0.1) is 17.1 Å². The van der Waals surface area contributed by atoms with E-state index in [-0.39, 0.29) is 23.4 Å². The lowest BCUT2D eigenvalue weighted by atomic mass is 10.1. The number of nitriles is 1. The molecule has 30 heavy (non-hydrogen) atoms. The molecular weight excluding hydrogens is 410 g/mol. The van der Waals surface area contributed by atoms with E-state index in [1.807, 2.05) is 19.1 Å². The minimum Gasteiger partial charge on any atom is -0.457 e. The molecule has 0 atom stereocenters. The number of rotatable bonds is 6. The molecule has 0 aliphatic heterocycles. The number of aromatic nitrogens is 1. The number of methoxy groups -OCH3 is 1. The third-order valence-corrected chi connectivity index (χ3v) is 4.81. The van der Waals surface area contributed by atoms with Crippen molar-refractivity contribution < 1.29 is 14.1 Å². The number of nitro groups is 1. The molecule has 3 rings (SSSR count). The maximum absolute atomic E-state index is 12.2. The number of H-pyrrole nitrogens is 1. The van der Waals surface area contributed by atoms with E-state index in [1.165, 1.54) is 19.3 Å². The van der Waals surface area contributed by atoms with E-state index in [0.29, 0.717) is 16.5 Å². The average Bonchev–Trinajstić information content (AvgIpc) is 3.17. The maximum atomic E-state index is 12.2. The van der Waals surface area contributed by atoms with Gasteiger partial charge in [0.2, 0.25) is 0 Å². The summed E-state index contributed by atoms with van der Waals surface area (Å²) < 4.78 is 10.7. The number of aromatic amines is 1. The number of halogens is 1. The van der Waals surface area contributed by atoms with Crippen LogP contribution in [0.4, 0.5) is 5.69 Å². The number of hydrogen-bond acceptors (Lipinski definition) is 6. The predicted molar refractivity (Wildman–Crippen MR) is 112 cm³/mol. The summed E-state index contributed by atoms with van der Waals surface area (Å²) in [7, 11) is 1.32. The Labute approximate surface area is 176 Å². The van der Waals surface area contributed by atoms with Crippen molar-refractivity contribution in [2.45, 2.75) is 13.5 Å². The quantitative estimate of drug-likeness (QED) is 0.451. The van der Waals surface area contributed by atoms with Gasteiger partial charge in [0.15, 0.2) is 0 Å². The van der Waals surface area contributed by atoms with E-state index >= 15 is 0 Å². The van der Waals surface area contributed by atoms with Crippen molar-refractivity contribution in [2.24, 2.45) is 0 Å². The van der Waals surface area contributed by atoms with Crippen LogP contribution in [-0.2, 0) is 11.3 Å². The summed E-state index contributed by atoms with van der Waals surface area (Å²) >= 11 is 6.15. The minimum absolute atomic E-state index is 0.0626. The highest BCUT2D eigenvalue weighted by atomic mass is 35.5. The highest BCUT2D eigenvalue weighted by Gasteiger charge is 2.25. The number of nitrogens with one attached hydrogen (secondary N) is 1. The predicted octanol–water partition coefficient (Wildman–Crippen LogP) is 4.69. The number of furan rings is 1. The third kappa shape index (κ3) is 4.17. The van der Waals surface area contributed by atoms with Crippen LogP contribution in [0.25, 0.3) is 23.5 Å². The zero-order chi connectivity index (χ0) is 21.8. The molecule has 2 heterocycles. The molecule has 3 aromatic rings. The summed E-state index contributed by atoms with van der Waals surface area (Å²) in [6.07, 6.45) is 2.84. The topological polar surface area (TPSA) is 122 Å². The lowest BCUT2D eigenvalue weighted by molar-refractivity contribution is -0.386. The van der Waals surface area contributed by atoms with Crippen LogP contribution < -0.4 is 5.56 Å². The van der Waals surface area contributed by atoms with E-state index in [4.69, 9.17) is 20.8 Å². The summed E-state index contributed by atoms with van der Waals surface area (Å²) in [5.41, 5.74) is 0.0967. The Bertz CT molecular complexity index is 1250. The molecule has 1 N–H and O–H groups in total. The van der Waals surface area contributed by atoms with Gasteiger partial charge in [-0.3, -0.25) is 14.9 Å². The lowest BCUT2D eigenvalue weighted by Crippen LogP contribution is -2.18. The van der Waals surface area contributed by atoms with Crippen molar-refractivity contribution in [3.8, 4) is 17.4 Å². The van der Waals surface area contributed by atoms with E-state index in [1.54, 1.807) is 24.3 Å². The Morgan fingerprint density at radius 1 is 1.33 bits per heavy atom. The van der Waals surface area contributed by atoms with Crippen LogP contribution >= 0.6 is 11.6 Å². The lowest BCUT2D eigenvalue weighted by Gasteiger charge is -2.06. The van der Waals surface area contributed by atoms with Crippen molar-refractivity contribution in [3.05, 3.63) is 84.0 Å². The molecule has 2 aromatic heterocycles. The Morgan fingerprint density at radius 2 is 2.10 bits per heavy atom. The summed E-state index contributed by atoms with van der Waals surface area (Å²) in [5.74, 6) is 0.980. The van der Waals surface area contributed by atoms with Gasteiger partial charge in [-0.2, -0.15) is 5.26 Å². The van der Waals surface area contributed by atoms with Crippen molar-refractivity contribution >= 4 is 29.4 Å². The van der Waals surface area contributed by atoms with E-state index < -0.39 is 16.2 Å². The normalized spacial score (nSPS) is 11.0. The van der Waals surface area contributed by atoms with Crippen LogP contribution in [0, 0.1) is 28.4 Å². The van der Waals surface area contributed by atoms with Gasteiger partial charge in [0.1, 0.15) is 28.8 Å². The molecule has 0 amide bonds. The van der Waals surface area contributed by atoms with Crippen LogP contribution in [0.3, 0.4) is 0 Å². The SMILES string of the molecule is COCc1c([N+](=O)[O-])c(/C=C/c2ccc(-c3ccc(C)c(Cl)c3)o2)[nH]c(=O)c1C#N. The second-order valence-electron chi connectivity index (χ2n) is 6.37. The van der Waals surface area contributed by atoms with Crippen LogP contribution in [0.5, 0.6) is 0 Å². The molecule has 9 heteroatoms. The van der Waals surface area contributed by atoms with Gasteiger partial charge in [-0.05, 0) is 42.8 Å². The van der Waals surface area contributed by atoms with Gasteiger partial charge >= 0.3 is 0 Å². The first kappa shape index (κ1) is 21.0. The molecule has 0 bridgehead atoms. The molecule has 0 aliphatic rings. The standard InChI is InChI=1S/C21H16ClN3O5/c1-12-3-4-13(9-17(12)22)19-8-6-14(30-19)5-7-18-20(25(27)28)16(11-29-2)15(10-23)21(26)24-18/h3-9H,11H2,1-2H3,(H,24,26)/b7-5+. The number of hydrogen-bond donors (Lipinski definition) is 1. The Balaban J connectivity index is 2.01. The van der Waals surface area contributed by atoms with Gasteiger partial charge in [0, 0.05) is 17.7 Å². The second-order valence-corrected chi connectivity index (χ2v) is 6.78. The van der Waals surface area contributed by atoms with Gasteiger partial charge < -0.3 is 14.1 Å². The zero-order valence-electron chi connectivity index (χ0n) is 16.1. The molecule has 0 saturated heterocycles. The van der Waals surface area contributed by atoms with Gasteiger partial charge in [-0.15, -0.1) is 0 Å². The fourth-order valence-electron chi connectivity index (χ4n) is 2.90. The Morgan fingerprint density at radius 3 is 2.73 bits per heavy atom. The van der Waals surface area contributed by atoms with E-state index in [2.05, 4.69) is 4.98 Å². The van der Waals surface area contributed by atoms with E-state index in [9.17, 15) is 20.2 Å². The number of aryl methyl sites for hydroxylation is 1. The molecule has 0 radical (unpaired) electrons. The van der Waals surface area contributed by atoms with Crippen LogP contribution in [-0.4, -0.2) is 17.0 Å². The number of benzene rings is 1. The minimum atomic E-state index is -0.732. The van der Waals surface area contributed by atoms with Gasteiger partial charge in [-0.1, -0.05) is 23.7 Å². The van der Waals surface area contributed by atoms with Crippen LogP contribution in [0.2, 0.25) is 5.02 Å². The highest BCUT2D eigenvalue weighted by Crippen LogP contribution is 2.29. The van der Waals surface area contributed by atoms with Crippen LogP contribution in [0.15, 0.2) is 39.5 Å². The zero-order valence-corrected chi connectivity index (χ0v) is 16.8. The Hall–Kier alpha value is -3.67. The smallest absolute Gasteiger partial charge is 0.299 e.